The van der Waals surface area contributed by atoms with Gasteiger partial charge in [0.1, 0.15) is 29.7 Å². The highest BCUT2D eigenvalue weighted by molar-refractivity contribution is 5.92. The summed E-state index contributed by atoms with van der Waals surface area (Å²) in [5.41, 5.74) is -3.35. The van der Waals surface area contributed by atoms with Crippen molar-refractivity contribution in [3.8, 4) is 11.5 Å². The molecule has 0 fully saturated rings. The first-order valence-electron chi connectivity index (χ1n) is 11.4. The summed E-state index contributed by atoms with van der Waals surface area (Å²) >= 11 is 0. The van der Waals surface area contributed by atoms with Gasteiger partial charge in [-0.15, -0.1) is 0 Å². The van der Waals surface area contributed by atoms with Crippen molar-refractivity contribution in [3.63, 3.8) is 0 Å². The molecule has 2 aromatic carbocycles. The second-order valence-corrected chi connectivity index (χ2v) is 9.56. The van der Waals surface area contributed by atoms with Gasteiger partial charge in [0, 0.05) is 18.6 Å². The van der Waals surface area contributed by atoms with Gasteiger partial charge >= 0.3 is 5.92 Å². The maximum Gasteiger partial charge on any atom is 0.303 e. The Morgan fingerprint density at radius 3 is 2.28 bits per heavy atom. The fourth-order valence-electron chi connectivity index (χ4n) is 3.71. The van der Waals surface area contributed by atoms with Crippen LogP contribution in [0.3, 0.4) is 0 Å². The molecule has 0 bridgehead atoms. The lowest BCUT2D eigenvalue weighted by molar-refractivity contribution is -0.170. The predicted octanol–water partition coefficient (Wildman–Crippen LogP) is 5.32. The van der Waals surface area contributed by atoms with Crippen molar-refractivity contribution in [3.05, 3.63) is 53.1 Å². The Labute approximate surface area is 208 Å². The van der Waals surface area contributed by atoms with Crippen molar-refractivity contribution in [2.45, 2.75) is 51.7 Å². The number of ether oxygens (including phenoxy) is 3. The number of nitrogens with zero attached hydrogens (tertiary/aromatic N) is 2. The van der Waals surface area contributed by atoms with Crippen LogP contribution < -0.4 is 14.8 Å². The Bertz CT molecular complexity index is 1240. The molecule has 7 nitrogen and oxygen atoms in total. The fourth-order valence-corrected chi connectivity index (χ4v) is 3.71. The van der Waals surface area contributed by atoms with Gasteiger partial charge in [-0.1, -0.05) is 6.07 Å². The van der Waals surface area contributed by atoms with Gasteiger partial charge in [-0.3, -0.25) is 0 Å². The summed E-state index contributed by atoms with van der Waals surface area (Å²) in [5.74, 6) is -3.06. The minimum absolute atomic E-state index is 0.299. The highest BCUT2D eigenvalue weighted by Gasteiger charge is 2.49. The van der Waals surface area contributed by atoms with Gasteiger partial charge in [0.25, 0.3) is 0 Å². The predicted molar refractivity (Wildman–Crippen MR) is 131 cm³/mol. The number of aryl methyl sites for hydroxylation is 1. The molecule has 0 radical (unpaired) electrons. The van der Waals surface area contributed by atoms with Crippen LogP contribution in [0, 0.1) is 12.7 Å². The van der Waals surface area contributed by atoms with Gasteiger partial charge in [-0.25, -0.2) is 14.4 Å². The third-order valence-electron chi connectivity index (χ3n) is 5.86. The number of anilines is 1. The smallest absolute Gasteiger partial charge is 0.303 e. The number of rotatable bonds is 10. The lowest BCUT2D eigenvalue weighted by Gasteiger charge is -2.32. The molecule has 1 aromatic heterocycles. The van der Waals surface area contributed by atoms with Crippen molar-refractivity contribution < 1.29 is 32.5 Å². The maximum absolute atomic E-state index is 14.9. The van der Waals surface area contributed by atoms with Crippen molar-refractivity contribution in [1.29, 1.82) is 0 Å². The molecule has 0 saturated heterocycles. The maximum atomic E-state index is 14.9. The van der Waals surface area contributed by atoms with Crippen LogP contribution in [0.1, 0.15) is 44.6 Å². The largest absolute Gasteiger partial charge is 0.493 e. The third kappa shape index (κ3) is 5.49. The van der Waals surface area contributed by atoms with E-state index in [1.54, 1.807) is 40.0 Å². The van der Waals surface area contributed by atoms with Crippen LogP contribution in [-0.4, -0.2) is 48.1 Å². The molecule has 0 spiro atoms. The molecule has 1 heterocycles. The zero-order valence-electron chi connectivity index (χ0n) is 21.5. The van der Waals surface area contributed by atoms with Gasteiger partial charge in [0.15, 0.2) is 11.5 Å². The molecule has 0 aliphatic heterocycles. The topological polar surface area (TPSA) is 85.7 Å². The van der Waals surface area contributed by atoms with Crippen LogP contribution in [0.5, 0.6) is 11.5 Å². The second kappa shape index (κ2) is 10.1. The minimum atomic E-state index is -3.81. The number of alkyl halides is 2. The molecular weight excluding hydrogens is 475 g/mol. The van der Waals surface area contributed by atoms with E-state index in [9.17, 15) is 18.3 Å². The Balaban J connectivity index is 2.08. The number of fused-ring (bicyclic) bond motifs is 1. The SMILES string of the molecule is COCCOc1cc2c(NC(C)(C)c3ccc(F)c(C(F)(F)C(C)(C)O)c3)nc(C)nc2cc1OC. The molecule has 0 atom stereocenters. The summed E-state index contributed by atoms with van der Waals surface area (Å²) in [6.07, 6.45) is 0. The van der Waals surface area contributed by atoms with Crippen LogP contribution >= 0.6 is 0 Å². The summed E-state index contributed by atoms with van der Waals surface area (Å²) in [5, 5.41) is 13.9. The van der Waals surface area contributed by atoms with Gasteiger partial charge < -0.3 is 24.6 Å². The Morgan fingerprint density at radius 2 is 1.67 bits per heavy atom. The van der Waals surface area contributed by atoms with Crippen LogP contribution in [0.2, 0.25) is 0 Å². The Hall–Kier alpha value is -3.11. The molecule has 196 valence electrons. The van der Waals surface area contributed by atoms with Crippen LogP contribution in [0.15, 0.2) is 30.3 Å². The van der Waals surface area contributed by atoms with E-state index in [2.05, 4.69) is 15.3 Å². The van der Waals surface area contributed by atoms with Gasteiger partial charge in [-0.2, -0.15) is 8.78 Å². The monoisotopic (exact) mass is 507 g/mol. The number of benzene rings is 2. The number of hydrogen-bond donors (Lipinski definition) is 2. The van der Waals surface area contributed by atoms with E-state index in [4.69, 9.17) is 14.2 Å². The number of aliphatic hydroxyl groups is 1. The number of methoxy groups -OCH3 is 2. The summed E-state index contributed by atoms with van der Waals surface area (Å²) in [4.78, 5) is 9.01. The third-order valence-corrected chi connectivity index (χ3v) is 5.86. The fraction of sp³-hybridized carbons (Fsp3) is 0.462. The van der Waals surface area contributed by atoms with Gasteiger partial charge in [0.2, 0.25) is 0 Å². The van der Waals surface area contributed by atoms with E-state index in [0.29, 0.717) is 52.8 Å². The quantitative estimate of drug-likeness (QED) is 0.359. The average molecular weight is 508 g/mol. The van der Waals surface area contributed by atoms with Gasteiger partial charge in [-0.05, 0) is 58.4 Å². The molecule has 0 saturated carbocycles. The first-order chi connectivity index (χ1) is 16.7. The lowest BCUT2D eigenvalue weighted by atomic mass is 9.87. The number of aromatic nitrogens is 2. The van der Waals surface area contributed by atoms with Crippen LogP contribution in [0.25, 0.3) is 10.9 Å². The van der Waals surface area contributed by atoms with Crippen molar-refractivity contribution in [2.75, 3.05) is 32.8 Å². The molecule has 36 heavy (non-hydrogen) atoms. The van der Waals surface area contributed by atoms with Crippen molar-refractivity contribution in [2.24, 2.45) is 0 Å². The van der Waals surface area contributed by atoms with E-state index < -0.39 is 28.4 Å². The van der Waals surface area contributed by atoms with Gasteiger partial charge in [0.05, 0.1) is 30.3 Å². The summed E-state index contributed by atoms with van der Waals surface area (Å²) in [7, 11) is 3.09. The molecule has 0 amide bonds. The van der Waals surface area contributed by atoms with E-state index in [1.165, 1.54) is 13.2 Å². The molecule has 3 aromatic rings. The normalized spacial score (nSPS) is 12.6. The first-order valence-corrected chi connectivity index (χ1v) is 11.4. The second-order valence-electron chi connectivity index (χ2n) is 9.56. The molecule has 0 unspecified atom stereocenters. The standard InChI is InChI=1S/C26H32F3N3O4/c1-15-30-20-14-21(35-7)22(36-11-10-34-6)13-17(20)23(31-15)32-24(2,3)16-8-9-19(27)18(12-16)26(28,29)25(4,5)33/h8-9,12-14,33H,10-11H2,1-7H3,(H,30,31,32). The highest BCUT2D eigenvalue weighted by atomic mass is 19.3. The van der Waals surface area contributed by atoms with E-state index >= 15 is 0 Å². The molecule has 0 aliphatic rings. The van der Waals surface area contributed by atoms with Crippen molar-refractivity contribution in [1.82, 2.24) is 9.97 Å². The zero-order valence-corrected chi connectivity index (χ0v) is 21.5. The summed E-state index contributed by atoms with van der Waals surface area (Å²) in [6.45, 7) is 7.81. The van der Waals surface area contributed by atoms with Crippen LogP contribution in [-0.2, 0) is 16.2 Å². The van der Waals surface area contributed by atoms with Crippen LogP contribution in [0.4, 0.5) is 19.0 Å². The number of halogens is 3. The Kier molecular flexibility index (Phi) is 7.71. The van der Waals surface area contributed by atoms with E-state index in [0.717, 1.165) is 26.0 Å². The zero-order chi connectivity index (χ0) is 26.9. The van der Waals surface area contributed by atoms with E-state index in [1.807, 2.05) is 0 Å². The molecular formula is C26H32F3N3O4. The minimum Gasteiger partial charge on any atom is -0.493 e. The molecule has 10 heteroatoms. The summed E-state index contributed by atoms with van der Waals surface area (Å²) in [6, 6.07) is 6.93. The number of nitrogens with one attached hydrogen (secondary N) is 1. The van der Waals surface area contributed by atoms with Crippen molar-refractivity contribution >= 4 is 16.7 Å². The number of hydrogen-bond acceptors (Lipinski definition) is 7. The first kappa shape index (κ1) is 27.5. The summed E-state index contributed by atoms with van der Waals surface area (Å²) < 4.78 is 60.4. The molecule has 3 rings (SSSR count). The highest BCUT2D eigenvalue weighted by Crippen LogP contribution is 2.42. The molecule has 2 N–H and O–H groups in total. The lowest BCUT2D eigenvalue weighted by Crippen LogP contribution is -2.41. The molecule has 0 aliphatic carbocycles. The van der Waals surface area contributed by atoms with E-state index in [-0.39, 0.29) is 0 Å². The Morgan fingerprint density at radius 1 is 0.972 bits per heavy atom. The average Bonchev–Trinajstić information content (AvgIpc) is 2.78.